The van der Waals surface area contributed by atoms with Gasteiger partial charge in [-0.05, 0) is 25.1 Å². The second-order valence-electron chi connectivity index (χ2n) is 5.26. The quantitative estimate of drug-likeness (QED) is 0.714. The van der Waals surface area contributed by atoms with Gasteiger partial charge in [-0.2, -0.15) is 0 Å². The molecular formula is C19H17N3OS. The van der Waals surface area contributed by atoms with Gasteiger partial charge in [0.15, 0.2) is 0 Å². The molecule has 0 aliphatic rings. The van der Waals surface area contributed by atoms with Crippen LogP contribution in [0.1, 0.15) is 23.7 Å². The number of amides is 1. The van der Waals surface area contributed by atoms with Crippen LogP contribution in [0.3, 0.4) is 0 Å². The first-order valence-electron chi connectivity index (χ1n) is 7.63. The predicted octanol–water partition coefficient (Wildman–Crippen LogP) is 4.10. The first-order chi connectivity index (χ1) is 11.7. The lowest BCUT2D eigenvalue weighted by Gasteiger charge is -2.08. The van der Waals surface area contributed by atoms with E-state index in [-0.39, 0.29) is 11.9 Å². The van der Waals surface area contributed by atoms with E-state index in [0.29, 0.717) is 0 Å². The van der Waals surface area contributed by atoms with Crippen LogP contribution in [0.25, 0.3) is 17.3 Å². The minimum atomic E-state index is -0.162. The number of aromatic nitrogens is 2. The summed E-state index contributed by atoms with van der Waals surface area (Å²) >= 11 is 1.55. The summed E-state index contributed by atoms with van der Waals surface area (Å²) in [6.45, 7) is 1.93. The van der Waals surface area contributed by atoms with E-state index in [4.69, 9.17) is 0 Å². The topological polar surface area (TPSA) is 54.9 Å². The molecule has 0 unspecified atom stereocenters. The van der Waals surface area contributed by atoms with Crippen LogP contribution in [0.2, 0.25) is 0 Å². The molecule has 1 N–H and O–H groups in total. The van der Waals surface area contributed by atoms with Crippen molar-refractivity contribution in [3.63, 3.8) is 0 Å². The number of pyridine rings is 1. The number of nitrogens with one attached hydrogen (secondary N) is 1. The number of benzene rings is 1. The summed E-state index contributed by atoms with van der Waals surface area (Å²) in [5, 5.41) is 5.82. The molecule has 24 heavy (non-hydrogen) atoms. The molecule has 0 aliphatic heterocycles. The third kappa shape index (κ3) is 4.14. The molecule has 0 bridgehead atoms. The molecule has 0 radical (unpaired) electrons. The van der Waals surface area contributed by atoms with Crippen LogP contribution in [0, 0.1) is 0 Å². The van der Waals surface area contributed by atoms with Crippen LogP contribution in [0.15, 0.2) is 66.2 Å². The lowest BCUT2D eigenvalue weighted by Crippen LogP contribution is -2.24. The molecule has 0 saturated carbocycles. The van der Waals surface area contributed by atoms with Gasteiger partial charge in [0.25, 0.3) is 0 Å². The molecule has 5 heteroatoms. The summed E-state index contributed by atoms with van der Waals surface area (Å²) in [6, 6.07) is 15.4. The zero-order valence-electron chi connectivity index (χ0n) is 13.2. The zero-order valence-corrected chi connectivity index (χ0v) is 14.0. The van der Waals surface area contributed by atoms with E-state index in [1.165, 1.54) is 6.08 Å². The first kappa shape index (κ1) is 16.1. The van der Waals surface area contributed by atoms with Crippen LogP contribution < -0.4 is 5.32 Å². The van der Waals surface area contributed by atoms with E-state index in [2.05, 4.69) is 15.3 Å². The van der Waals surface area contributed by atoms with E-state index in [0.717, 1.165) is 22.0 Å². The van der Waals surface area contributed by atoms with Crippen LogP contribution in [-0.2, 0) is 4.79 Å². The highest BCUT2D eigenvalue weighted by atomic mass is 32.1. The lowest BCUT2D eigenvalue weighted by molar-refractivity contribution is -0.117. The van der Waals surface area contributed by atoms with Crippen LogP contribution in [-0.4, -0.2) is 15.9 Å². The number of rotatable bonds is 5. The highest BCUT2D eigenvalue weighted by Crippen LogP contribution is 2.25. The van der Waals surface area contributed by atoms with E-state index in [1.54, 1.807) is 23.6 Å². The third-order valence-electron chi connectivity index (χ3n) is 3.41. The monoisotopic (exact) mass is 335 g/mol. The van der Waals surface area contributed by atoms with Crippen molar-refractivity contribution in [3.8, 4) is 11.3 Å². The number of carbonyl (C=O) groups excluding carboxylic acids is 1. The van der Waals surface area contributed by atoms with Crippen molar-refractivity contribution in [3.05, 3.63) is 76.9 Å². The van der Waals surface area contributed by atoms with Crippen molar-refractivity contribution >= 4 is 23.3 Å². The summed E-state index contributed by atoms with van der Waals surface area (Å²) in [4.78, 5) is 20.8. The molecule has 1 aromatic carbocycles. The van der Waals surface area contributed by atoms with Gasteiger partial charge in [-0.15, -0.1) is 11.3 Å². The maximum Gasteiger partial charge on any atom is 0.244 e. The smallest absolute Gasteiger partial charge is 0.244 e. The Hall–Kier alpha value is -2.79. The van der Waals surface area contributed by atoms with Crippen molar-refractivity contribution in [1.29, 1.82) is 0 Å². The van der Waals surface area contributed by atoms with E-state index in [1.807, 2.05) is 60.8 Å². The molecule has 0 saturated heterocycles. The summed E-state index contributed by atoms with van der Waals surface area (Å²) in [5.74, 6) is -0.162. The van der Waals surface area contributed by atoms with E-state index >= 15 is 0 Å². The maximum absolute atomic E-state index is 12.0. The minimum Gasteiger partial charge on any atom is -0.344 e. The van der Waals surface area contributed by atoms with Crippen LogP contribution >= 0.6 is 11.3 Å². The van der Waals surface area contributed by atoms with Gasteiger partial charge in [0.1, 0.15) is 5.01 Å². The number of thiazole rings is 1. The van der Waals surface area contributed by atoms with Crippen LogP contribution in [0.4, 0.5) is 0 Å². The second-order valence-corrected chi connectivity index (χ2v) is 6.14. The van der Waals surface area contributed by atoms with Gasteiger partial charge >= 0.3 is 0 Å². The fourth-order valence-electron chi connectivity index (χ4n) is 2.19. The Morgan fingerprint density at radius 3 is 2.71 bits per heavy atom. The van der Waals surface area contributed by atoms with E-state index in [9.17, 15) is 4.79 Å². The Morgan fingerprint density at radius 1 is 1.17 bits per heavy atom. The summed E-state index contributed by atoms with van der Waals surface area (Å²) in [7, 11) is 0. The number of carbonyl (C=O) groups is 1. The summed E-state index contributed by atoms with van der Waals surface area (Å²) < 4.78 is 0. The minimum absolute atomic E-state index is 0.145. The SMILES string of the molecule is C[C@@H](NC(=O)/C=C/c1ccccn1)c1nc(-c2ccccc2)cs1. The van der Waals surface area contributed by atoms with Crippen LogP contribution in [0.5, 0.6) is 0 Å². The van der Waals surface area contributed by atoms with E-state index < -0.39 is 0 Å². The normalized spacial score (nSPS) is 12.2. The summed E-state index contributed by atoms with van der Waals surface area (Å²) in [6.07, 6.45) is 4.88. The Morgan fingerprint density at radius 2 is 1.96 bits per heavy atom. The molecule has 3 rings (SSSR count). The highest BCUT2D eigenvalue weighted by molar-refractivity contribution is 7.10. The Labute approximate surface area is 144 Å². The molecule has 2 aromatic heterocycles. The molecule has 2 heterocycles. The number of hydrogen-bond acceptors (Lipinski definition) is 4. The Bertz CT molecular complexity index is 828. The van der Waals surface area contributed by atoms with Gasteiger partial charge in [-0.25, -0.2) is 4.98 Å². The van der Waals surface area contributed by atoms with Crippen molar-refractivity contribution < 1.29 is 4.79 Å². The van der Waals surface area contributed by atoms with Gasteiger partial charge in [0.2, 0.25) is 5.91 Å². The summed E-state index contributed by atoms with van der Waals surface area (Å²) in [5.41, 5.74) is 2.76. The molecular weight excluding hydrogens is 318 g/mol. The van der Waals surface area contributed by atoms with Crippen molar-refractivity contribution in [1.82, 2.24) is 15.3 Å². The average molecular weight is 335 g/mol. The van der Waals surface area contributed by atoms with Gasteiger partial charge in [-0.3, -0.25) is 9.78 Å². The molecule has 3 aromatic rings. The second kappa shape index (κ2) is 7.66. The standard InChI is InChI=1S/C19H17N3OS/c1-14(21-18(23)11-10-16-9-5-6-12-20-16)19-22-17(13-24-19)15-7-3-2-4-8-15/h2-14H,1H3,(H,21,23)/b11-10+/t14-/m1/s1. The average Bonchev–Trinajstić information content (AvgIpc) is 3.12. The molecule has 120 valence electrons. The van der Waals surface area contributed by atoms with Gasteiger partial charge < -0.3 is 5.32 Å². The Balaban J connectivity index is 1.63. The third-order valence-corrected chi connectivity index (χ3v) is 4.44. The van der Waals surface area contributed by atoms with Gasteiger partial charge in [0.05, 0.1) is 17.4 Å². The predicted molar refractivity (Wildman–Crippen MR) is 97.4 cm³/mol. The maximum atomic E-state index is 12.0. The zero-order chi connectivity index (χ0) is 16.8. The van der Waals surface area contributed by atoms with Gasteiger partial charge in [-0.1, -0.05) is 36.4 Å². The largest absolute Gasteiger partial charge is 0.344 e. The van der Waals surface area contributed by atoms with Gasteiger partial charge in [0, 0.05) is 23.2 Å². The first-order valence-corrected chi connectivity index (χ1v) is 8.51. The Kier molecular flexibility index (Phi) is 5.13. The number of nitrogens with zero attached hydrogens (tertiary/aromatic N) is 2. The molecule has 1 atom stereocenters. The van der Waals surface area contributed by atoms with Crippen molar-refractivity contribution in [2.75, 3.05) is 0 Å². The lowest BCUT2D eigenvalue weighted by atomic mass is 10.2. The fraction of sp³-hybridized carbons (Fsp3) is 0.105. The van der Waals surface area contributed by atoms with Crippen molar-refractivity contribution in [2.45, 2.75) is 13.0 Å². The van der Waals surface area contributed by atoms with Crippen molar-refractivity contribution in [2.24, 2.45) is 0 Å². The molecule has 0 spiro atoms. The molecule has 1 amide bonds. The molecule has 4 nitrogen and oxygen atoms in total. The highest BCUT2D eigenvalue weighted by Gasteiger charge is 2.12. The fourth-order valence-corrected chi connectivity index (χ4v) is 3.02. The molecule has 0 aliphatic carbocycles. The number of hydrogen-bond donors (Lipinski definition) is 1. The molecule has 0 fully saturated rings.